The van der Waals surface area contributed by atoms with Gasteiger partial charge < -0.3 is 0 Å². The van der Waals surface area contributed by atoms with Crippen molar-refractivity contribution in [1.82, 2.24) is 9.97 Å². The number of H-pyrrole nitrogens is 1. The van der Waals surface area contributed by atoms with Crippen LogP contribution in [0.1, 0.15) is 17.7 Å². The molecule has 0 aliphatic heterocycles. The zero-order chi connectivity index (χ0) is 10.1. The molecule has 1 aromatic rings. The molecule has 1 aliphatic rings. The largest absolute Gasteiger partial charge is 0.288 e. The summed E-state index contributed by atoms with van der Waals surface area (Å²) in [4.78, 5) is 27.7. The molecule has 14 heavy (non-hydrogen) atoms. The van der Waals surface area contributed by atoms with Crippen molar-refractivity contribution in [3.63, 3.8) is 0 Å². The van der Waals surface area contributed by atoms with E-state index in [2.05, 4.69) is 9.97 Å². The molecule has 1 aromatic heterocycles. The molecule has 0 saturated carbocycles. The number of nitro groups is 1. The Kier molecular flexibility index (Phi) is 1.91. The van der Waals surface area contributed by atoms with E-state index in [-0.39, 0.29) is 11.5 Å². The van der Waals surface area contributed by atoms with Crippen LogP contribution < -0.4 is 11.0 Å². The number of hydrogen-bond donors (Lipinski definition) is 2. The summed E-state index contributed by atoms with van der Waals surface area (Å²) in [5.74, 6) is -0.0966. The number of anilines is 1. The molecule has 0 radical (unpaired) electrons. The van der Waals surface area contributed by atoms with Crippen LogP contribution in [-0.2, 0) is 12.8 Å². The first-order valence-electron chi connectivity index (χ1n) is 4.20. The standard InChI is InChI=1S/C7H8N4O3/c12-6-4-2-1-3-5(4)8-7(9-6)10-11(13)14/h1-3H2,(H2,8,9,10,12). The Hall–Kier alpha value is -1.92. The maximum absolute atomic E-state index is 11.4. The maximum atomic E-state index is 11.4. The van der Waals surface area contributed by atoms with Gasteiger partial charge in [-0.1, -0.05) is 5.43 Å². The number of nitrogens with zero attached hydrogens (tertiary/aromatic N) is 2. The van der Waals surface area contributed by atoms with Crippen LogP contribution in [0.5, 0.6) is 0 Å². The van der Waals surface area contributed by atoms with Crippen molar-refractivity contribution in [3.05, 3.63) is 31.7 Å². The van der Waals surface area contributed by atoms with Gasteiger partial charge in [0, 0.05) is 5.56 Å². The van der Waals surface area contributed by atoms with Crippen molar-refractivity contribution >= 4 is 5.95 Å². The molecule has 2 N–H and O–H groups in total. The molecule has 1 heterocycles. The summed E-state index contributed by atoms with van der Waals surface area (Å²) in [5, 5.41) is 9.36. The first-order valence-corrected chi connectivity index (χ1v) is 4.20. The molecule has 1 aliphatic carbocycles. The predicted octanol–water partition coefficient (Wildman–Crippen LogP) is -0.138. The summed E-state index contributed by atoms with van der Waals surface area (Å²) in [5.41, 5.74) is 2.87. The van der Waals surface area contributed by atoms with Crippen LogP contribution in [0.2, 0.25) is 0 Å². The molecule has 74 valence electrons. The molecular formula is C7H8N4O3. The highest BCUT2D eigenvalue weighted by Crippen LogP contribution is 2.16. The molecule has 0 aromatic carbocycles. The third-order valence-corrected chi connectivity index (χ3v) is 2.14. The first-order chi connectivity index (χ1) is 6.66. The van der Waals surface area contributed by atoms with Crippen LogP contribution in [-0.4, -0.2) is 15.0 Å². The van der Waals surface area contributed by atoms with E-state index in [1.807, 2.05) is 5.43 Å². The lowest BCUT2D eigenvalue weighted by atomic mass is 10.3. The van der Waals surface area contributed by atoms with Crippen LogP contribution in [0.3, 0.4) is 0 Å². The van der Waals surface area contributed by atoms with E-state index in [1.165, 1.54) is 0 Å². The van der Waals surface area contributed by atoms with E-state index in [0.29, 0.717) is 24.1 Å². The summed E-state index contributed by atoms with van der Waals surface area (Å²) in [6.45, 7) is 0. The summed E-state index contributed by atoms with van der Waals surface area (Å²) in [7, 11) is 0. The molecular weight excluding hydrogens is 188 g/mol. The summed E-state index contributed by atoms with van der Waals surface area (Å²) in [6.07, 6.45) is 2.30. The highest BCUT2D eigenvalue weighted by molar-refractivity contribution is 5.30. The molecule has 7 heteroatoms. The van der Waals surface area contributed by atoms with Crippen molar-refractivity contribution in [1.29, 1.82) is 0 Å². The van der Waals surface area contributed by atoms with Gasteiger partial charge in [-0.25, -0.2) is 15.1 Å². The zero-order valence-electron chi connectivity index (χ0n) is 7.24. The Morgan fingerprint density at radius 1 is 1.50 bits per heavy atom. The van der Waals surface area contributed by atoms with Gasteiger partial charge in [0.25, 0.3) is 11.5 Å². The average Bonchev–Trinajstić information content (AvgIpc) is 2.50. The molecule has 0 atom stereocenters. The van der Waals surface area contributed by atoms with Crippen LogP contribution in [0.4, 0.5) is 5.95 Å². The second-order valence-corrected chi connectivity index (χ2v) is 3.06. The zero-order valence-corrected chi connectivity index (χ0v) is 7.24. The quantitative estimate of drug-likeness (QED) is 0.506. The summed E-state index contributed by atoms with van der Waals surface area (Å²) >= 11 is 0. The maximum Gasteiger partial charge on any atom is 0.266 e. The number of aryl methyl sites for hydroxylation is 1. The van der Waals surface area contributed by atoms with Crippen molar-refractivity contribution in [3.8, 4) is 0 Å². The number of aromatic nitrogens is 2. The fourth-order valence-corrected chi connectivity index (χ4v) is 1.58. The number of nitrogens with one attached hydrogen (secondary N) is 2. The highest BCUT2D eigenvalue weighted by atomic mass is 16.7. The Morgan fingerprint density at radius 3 is 3.00 bits per heavy atom. The van der Waals surface area contributed by atoms with Gasteiger partial charge in [-0.05, 0) is 19.3 Å². The lowest BCUT2D eigenvalue weighted by Gasteiger charge is -1.99. The fourth-order valence-electron chi connectivity index (χ4n) is 1.58. The van der Waals surface area contributed by atoms with Crippen LogP contribution in [0, 0.1) is 10.1 Å². The van der Waals surface area contributed by atoms with Crippen molar-refractivity contribution in [2.45, 2.75) is 19.3 Å². The Morgan fingerprint density at radius 2 is 2.29 bits per heavy atom. The van der Waals surface area contributed by atoms with Crippen molar-refractivity contribution in [2.75, 3.05) is 5.43 Å². The minimum absolute atomic E-state index is 0.0966. The number of hydrazine groups is 1. The Bertz CT molecular complexity index is 439. The third kappa shape index (κ3) is 1.43. The highest BCUT2D eigenvalue weighted by Gasteiger charge is 2.17. The molecule has 7 nitrogen and oxygen atoms in total. The van der Waals surface area contributed by atoms with Crippen molar-refractivity contribution in [2.24, 2.45) is 0 Å². The molecule has 0 unspecified atom stereocenters. The predicted molar refractivity (Wildman–Crippen MR) is 47.5 cm³/mol. The smallest absolute Gasteiger partial charge is 0.266 e. The number of rotatable bonds is 2. The van der Waals surface area contributed by atoms with Crippen LogP contribution >= 0.6 is 0 Å². The molecule has 0 bridgehead atoms. The second-order valence-electron chi connectivity index (χ2n) is 3.06. The number of aromatic amines is 1. The summed E-state index contributed by atoms with van der Waals surface area (Å²) in [6, 6.07) is 0. The average molecular weight is 196 g/mol. The fraction of sp³-hybridized carbons (Fsp3) is 0.429. The van der Waals surface area contributed by atoms with Gasteiger partial charge in [-0.3, -0.25) is 9.78 Å². The van der Waals surface area contributed by atoms with Gasteiger partial charge >= 0.3 is 0 Å². The van der Waals surface area contributed by atoms with E-state index in [9.17, 15) is 14.9 Å². The van der Waals surface area contributed by atoms with Gasteiger partial charge in [-0.2, -0.15) is 0 Å². The molecule has 0 spiro atoms. The SMILES string of the molecule is O=c1[nH]c(N[N+](=O)[O-])nc2c1CCC2. The van der Waals surface area contributed by atoms with E-state index in [0.717, 1.165) is 6.42 Å². The van der Waals surface area contributed by atoms with Gasteiger partial charge in [0.1, 0.15) is 0 Å². The lowest BCUT2D eigenvalue weighted by Crippen LogP contribution is -2.20. The second kappa shape index (κ2) is 3.09. The van der Waals surface area contributed by atoms with E-state index in [4.69, 9.17) is 0 Å². The van der Waals surface area contributed by atoms with Crippen LogP contribution in [0.15, 0.2) is 4.79 Å². The molecule has 2 rings (SSSR count). The lowest BCUT2D eigenvalue weighted by molar-refractivity contribution is -0.446. The number of fused-ring (bicyclic) bond motifs is 1. The van der Waals surface area contributed by atoms with Gasteiger partial charge in [-0.15, -0.1) is 0 Å². The van der Waals surface area contributed by atoms with Crippen molar-refractivity contribution < 1.29 is 5.03 Å². The first kappa shape index (κ1) is 8.67. The minimum Gasteiger partial charge on any atom is -0.288 e. The summed E-state index contributed by atoms with van der Waals surface area (Å²) < 4.78 is 0. The Labute approximate surface area is 78.3 Å². The van der Waals surface area contributed by atoms with E-state index in [1.54, 1.807) is 0 Å². The molecule has 0 saturated heterocycles. The topological polar surface area (TPSA) is 101 Å². The third-order valence-electron chi connectivity index (χ3n) is 2.14. The normalized spacial score (nSPS) is 13.7. The van der Waals surface area contributed by atoms with Gasteiger partial charge in [0.2, 0.25) is 0 Å². The number of hydrogen-bond acceptors (Lipinski definition) is 4. The Balaban J connectivity index is 2.42. The van der Waals surface area contributed by atoms with Gasteiger partial charge in [0.05, 0.1) is 5.69 Å². The monoisotopic (exact) mass is 196 g/mol. The molecule has 0 amide bonds. The van der Waals surface area contributed by atoms with Gasteiger partial charge in [0.15, 0.2) is 5.03 Å². The molecule has 0 fully saturated rings. The van der Waals surface area contributed by atoms with E-state index >= 15 is 0 Å². The minimum atomic E-state index is -0.750. The van der Waals surface area contributed by atoms with Crippen LogP contribution in [0.25, 0.3) is 0 Å². The van der Waals surface area contributed by atoms with E-state index < -0.39 is 5.03 Å².